The van der Waals surface area contributed by atoms with Crippen LogP contribution in [0.25, 0.3) is 0 Å². The van der Waals surface area contributed by atoms with Gasteiger partial charge in [0.1, 0.15) is 18.3 Å². The van der Waals surface area contributed by atoms with Crippen LogP contribution in [0.5, 0.6) is 0 Å². The van der Waals surface area contributed by atoms with Crippen LogP contribution in [0.2, 0.25) is 0 Å². The van der Waals surface area contributed by atoms with Crippen LogP contribution in [-0.4, -0.2) is 69.7 Å². The Morgan fingerprint density at radius 3 is 2.00 bits per heavy atom. The predicted molar refractivity (Wildman–Crippen MR) is 47.4 cm³/mol. The molecule has 1 aliphatic heterocycles. The molecule has 6 N–H and O–H groups in total. The fraction of sp³-hybridized carbons (Fsp3) is 1.00. The number of aliphatic hydroxyl groups excluding tert-OH is 4. The maximum atomic E-state index is 10.8. The zero-order valence-corrected chi connectivity index (χ0v) is 8.37. The molecule has 0 saturated carbocycles. The number of rotatable bonds is 2. The van der Waals surface area contributed by atoms with E-state index in [9.17, 15) is 23.7 Å². The molecule has 1 rings (SSSR count). The lowest BCUT2D eigenvalue weighted by Gasteiger charge is -2.39. The van der Waals surface area contributed by atoms with Crippen molar-refractivity contribution in [1.29, 1.82) is 0 Å². The molecule has 1 saturated heterocycles. The summed E-state index contributed by atoms with van der Waals surface area (Å²) in [7, 11) is -4.62. The standard InChI is InChI=1S/C6H13NO7S/c8-1-2-3(9)4(10)5(11)6(7-2)15(12,13)14/h2-11H,1H2,(H,12,13,14)/t2-,3-,4+,5-,6+/m1/s1. The second-order valence-electron chi connectivity index (χ2n) is 3.36. The average Bonchev–Trinajstić information content (AvgIpc) is 2.13. The summed E-state index contributed by atoms with van der Waals surface area (Å²) in [6.07, 6.45) is -5.13. The Balaban J connectivity index is 2.93. The minimum atomic E-state index is -4.62. The molecule has 0 spiro atoms. The molecule has 15 heavy (non-hydrogen) atoms. The molecule has 0 aliphatic carbocycles. The molecule has 0 amide bonds. The van der Waals surface area contributed by atoms with Gasteiger partial charge in [-0.15, -0.1) is 0 Å². The van der Waals surface area contributed by atoms with Gasteiger partial charge in [-0.25, -0.2) is 0 Å². The number of hydrogen-bond acceptors (Lipinski definition) is 7. The third kappa shape index (κ3) is 2.45. The molecule has 0 unspecified atom stereocenters. The highest BCUT2D eigenvalue weighted by Gasteiger charge is 2.47. The Hall–Kier alpha value is -0.290. The van der Waals surface area contributed by atoms with E-state index in [1.165, 1.54) is 0 Å². The molecule has 8 nitrogen and oxygen atoms in total. The maximum absolute atomic E-state index is 10.8. The van der Waals surface area contributed by atoms with Crippen molar-refractivity contribution in [3.63, 3.8) is 0 Å². The highest BCUT2D eigenvalue weighted by atomic mass is 32.2. The van der Waals surface area contributed by atoms with E-state index in [4.69, 9.17) is 9.66 Å². The zero-order chi connectivity index (χ0) is 11.8. The molecule has 1 fully saturated rings. The van der Waals surface area contributed by atoms with Gasteiger partial charge in [0.25, 0.3) is 10.1 Å². The largest absolute Gasteiger partial charge is 0.395 e. The molecule has 1 aliphatic rings. The molecule has 5 atom stereocenters. The number of aliphatic hydroxyl groups is 4. The Morgan fingerprint density at radius 2 is 1.60 bits per heavy atom. The molecule has 0 radical (unpaired) electrons. The van der Waals surface area contributed by atoms with Crippen molar-refractivity contribution in [3.05, 3.63) is 0 Å². The molecule has 0 bridgehead atoms. The van der Waals surface area contributed by atoms with Gasteiger partial charge in [-0.2, -0.15) is 8.42 Å². The molecule has 0 aromatic rings. The molecule has 0 aromatic heterocycles. The second kappa shape index (κ2) is 4.29. The van der Waals surface area contributed by atoms with Crippen LogP contribution in [0.1, 0.15) is 0 Å². The first-order valence-corrected chi connectivity index (χ1v) is 5.66. The summed E-state index contributed by atoms with van der Waals surface area (Å²) in [6, 6.07) is -1.13. The van der Waals surface area contributed by atoms with Crippen molar-refractivity contribution in [2.24, 2.45) is 0 Å². The number of hydrogen-bond donors (Lipinski definition) is 6. The van der Waals surface area contributed by atoms with Crippen molar-refractivity contribution < 1.29 is 33.4 Å². The molecule has 9 heteroatoms. The van der Waals surface area contributed by atoms with Crippen molar-refractivity contribution in [3.8, 4) is 0 Å². The summed E-state index contributed by atoms with van der Waals surface area (Å²) in [5, 5.41) is 36.9. The Bertz CT molecular complexity index is 315. The third-order valence-electron chi connectivity index (χ3n) is 2.32. The first-order valence-electron chi connectivity index (χ1n) is 4.16. The number of nitrogens with one attached hydrogen (secondary N) is 1. The van der Waals surface area contributed by atoms with E-state index < -0.39 is 46.5 Å². The van der Waals surface area contributed by atoms with Gasteiger partial charge in [-0.05, 0) is 0 Å². The Labute approximate surface area is 85.9 Å². The summed E-state index contributed by atoms with van der Waals surface area (Å²) < 4.78 is 30.2. The van der Waals surface area contributed by atoms with Gasteiger partial charge in [-0.1, -0.05) is 0 Å². The summed E-state index contributed by atoms with van der Waals surface area (Å²) in [5.74, 6) is 0. The van der Waals surface area contributed by atoms with Crippen molar-refractivity contribution in [2.75, 3.05) is 6.61 Å². The summed E-state index contributed by atoms with van der Waals surface area (Å²) in [6.45, 7) is -0.642. The van der Waals surface area contributed by atoms with Crippen LogP contribution < -0.4 is 5.32 Å². The van der Waals surface area contributed by atoms with Gasteiger partial charge in [0.2, 0.25) is 0 Å². The smallest absolute Gasteiger partial charge is 0.283 e. The normalized spacial score (nSPS) is 42.9. The Kier molecular flexibility index (Phi) is 3.66. The quantitative estimate of drug-likeness (QED) is 0.271. The van der Waals surface area contributed by atoms with Gasteiger partial charge in [0.05, 0.1) is 12.6 Å². The average molecular weight is 243 g/mol. The summed E-state index contributed by atoms with van der Waals surface area (Å²) >= 11 is 0. The van der Waals surface area contributed by atoms with Crippen LogP contribution >= 0.6 is 0 Å². The molecule has 90 valence electrons. The van der Waals surface area contributed by atoms with E-state index in [1.807, 2.05) is 0 Å². The third-order valence-corrected chi connectivity index (χ3v) is 3.37. The van der Waals surface area contributed by atoms with Crippen LogP contribution in [0.15, 0.2) is 0 Å². The first kappa shape index (κ1) is 12.8. The van der Waals surface area contributed by atoms with E-state index in [0.29, 0.717) is 0 Å². The summed E-state index contributed by atoms with van der Waals surface area (Å²) in [5.41, 5.74) is 0. The first-order chi connectivity index (χ1) is 6.79. The number of piperidine rings is 1. The van der Waals surface area contributed by atoms with E-state index in [-0.39, 0.29) is 0 Å². The van der Waals surface area contributed by atoms with Crippen LogP contribution in [0.3, 0.4) is 0 Å². The lowest BCUT2D eigenvalue weighted by molar-refractivity contribution is -0.108. The molecular formula is C6H13NO7S. The minimum Gasteiger partial charge on any atom is -0.395 e. The van der Waals surface area contributed by atoms with E-state index in [0.717, 1.165) is 0 Å². The van der Waals surface area contributed by atoms with Gasteiger partial charge >= 0.3 is 0 Å². The second-order valence-corrected chi connectivity index (χ2v) is 4.90. The highest BCUT2D eigenvalue weighted by Crippen LogP contribution is 2.18. The lowest BCUT2D eigenvalue weighted by atomic mass is 9.96. The van der Waals surface area contributed by atoms with Crippen LogP contribution in [0.4, 0.5) is 0 Å². The Morgan fingerprint density at radius 1 is 1.07 bits per heavy atom. The lowest BCUT2D eigenvalue weighted by Crippen LogP contribution is -2.67. The zero-order valence-electron chi connectivity index (χ0n) is 7.55. The predicted octanol–water partition coefficient (Wildman–Crippen LogP) is -3.75. The van der Waals surface area contributed by atoms with Crippen LogP contribution in [0, 0.1) is 0 Å². The van der Waals surface area contributed by atoms with Gasteiger partial charge in [0.15, 0.2) is 5.37 Å². The van der Waals surface area contributed by atoms with Crippen molar-refractivity contribution in [1.82, 2.24) is 5.32 Å². The van der Waals surface area contributed by atoms with E-state index in [1.54, 1.807) is 0 Å². The van der Waals surface area contributed by atoms with E-state index >= 15 is 0 Å². The topological polar surface area (TPSA) is 147 Å². The van der Waals surface area contributed by atoms with Crippen LogP contribution in [-0.2, 0) is 10.1 Å². The maximum Gasteiger partial charge on any atom is 0.283 e. The summed E-state index contributed by atoms with van der Waals surface area (Å²) in [4.78, 5) is 0. The van der Waals surface area contributed by atoms with Gasteiger partial charge in [0, 0.05) is 0 Å². The highest BCUT2D eigenvalue weighted by molar-refractivity contribution is 7.86. The van der Waals surface area contributed by atoms with Crippen molar-refractivity contribution >= 4 is 10.1 Å². The monoisotopic (exact) mass is 243 g/mol. The minimum absolute atomic E-state index is 0.642. The van der Waals surface area contributed by atoms with Gasteiger partial charge in [-0.3, -0.25) is 9.87 Å². The SMILES string of the molecule is O=S(=O)(O)[C@@H]1N[C@H](CO)[C@@H](O)[C@H](O)[C@H]1O. The van der Waals surface area contributed by atoms with Crippen molar-refractivity contribution in [2.45, 2.75) is 29.7 Å². The fourth-order valence-electron chi connectivity index (χ4n) is 1.45. The molecular weight excluding hydrogens is 230 g/mol. The molecule has 1 heterocycles. The fourth-order valence-corrected chi connectivity index (χ4v) is 2.31. The van der Waals surface area contributed by atoms with E-state index in [2.05, 4.69) is 5.32 Å². The molecule has 0 aromatic carbocycles. The van der Waals surface area contributed by atoms with Gasteiger partial charge < -0.3 is 20.4 Å².